The number of alkyl halides is 3. The Morgan fingerprint density at radius 3 is 2.74 bits per heavy atom. The maximum atomic E-state index is 12.3. The number of thiazole rings is 1. The average molecular weight is 290 g/mol. The van der Waals surface area contributed by atoms with Crippen molar-refractivity contribution in [1.29, 1.82) is 0 Å². The van der Waals surface area contributed by atoms with E-state index >= 15 is 0 Å². The minimum atomic E-state index is -4.31. The van der Waals surface area contributed by atoms with E-state index in [0.717, 1.165) is 24.6 Å². The second-order valence-corrected chi connectivity index (χ2v) is 5.11. The van der Waals surface area contributed by atoms with Gasteiger partial charge in [-0.25, -0.2) is 4.98 Å². The maximum absolute atomic E-state index is 12.3. The summed E-state index contributed by atoms with van der Waals surface area (Å²) >= 11 is 0.627. The fourth-order valence-corrected chi connectivity index (χ4v) is 2.28. The standard InChI is InChI=1S/C11H13F3N4S/c1-18-7-8(5-17-18)3-2-4-15-10-16-6-9(19-10)11(12,13)14/h5-7H,2-4H2,1H3,(H,15,16). The molecule has 0 atom stereocenters. The summed E-state index contributed by atoms with van der Waals surface area (Å²) in [5, 5.41) is 7.24. The Bertz CT molecular complexity index is 532. The summed E-state index contributed by atoms with van der Waals surface area (Å²) in [5.41, 5.74) is 1.11. The van der Waals surface area contributed by atoms with Gasteiger partial charge in [0.15, 0.2) is 5.13 Å². The molecule has 8 heteroatoms. The van der Waals surface area contributed by atoms with Crippen molar-refractivity contribution in [1.82, 2.24) is 14.8 Å². The van der Waals surface area contributed by atoms with Gasteiger partial charge in [-0.05, 0) is 18.4 Å². The SMILES string of the molecule is Cn1cc(CCCNc2ncc(C(F)(F)F)s2)cn1. The van der Waals surface area contributed by atoms with Crippen molar-refractivity contribution in [2.75, 3.05) is 11.9 Å². The van der Waals surface area contributed by atoms with Crippen molar-refractivity contribution in [3.05, 3.63) is 29.0 Å². The molecule has 104 valence electrons. The van der Waals surface area contributed by atoms with Crippen LogP contribution in [0.1, 0.15) is 16.9 Å². The third kappa shape index (κ3) is 3.95. The summed E-state index contributed by atoms with van der Waals surface area (Å²) in [5.74, 6) is 0. The van der Waals surface area contributed by atoms with Crippen LogP contribution < -0.4 is 5.32 Å². The van der Waals surface area contributed by atoms with Gasteiger partial charge in [0.1, 0.15) is 4.88 Å². The maximum Gasteiger partial charge on any atom is 0.427 e. The number of aromatic nitrogens is 3. The van der Waals surface area contributed by atoms with Gasteiger partial charge in [-0.1, -0.05) is 11.3 Å². The van der Waals surface area contributed by atoms with Crippen LogP contribution in [0.3, 0.4) is 0 Å². The molecule has 0 fully saturated rings. The van der Waals surface area contributed by atoms with Crippen molar-refractivity contribution < 1.29 is 13.2 Å². The van der Waals surface area contributed by atoms with E-state index in [0.29, 0.717) is 23.0 Å². The van der Waals surface area contributed by atoms with Crippen LogP contribution in [0.4, 0.5) is 18.3 Å². The number of anilines is 1. The molecule has 4 nitrogen and oxygen atoms in total. The van der Waals surface area contributed by atoms with Crippen LogP contribution >= 0.6 is 11.3 Å². The van der Waals surface area contributed by atoms with Crippen LogP contribution in [0.15, 0.2) is 18.6 Å². The third-order valence-corrected chi connectivity index (χ3v) is 3.46. The van der Waals surface area contributed by atoms with Gasteiger partial charge in [-0.3, -0.25) is 4.68 Å². The highest BCUT2D eigenvalue weighted by atomic mass is 32.1. The van der Waals surface area contributed by atoms with Gasteiger partial charge >= 0.3 is 6.18 Å². The number of hydrogen-bond donors (Lipinski definition) is 1. The lowest BCUT2D eigenvalue weighted by molar-refractivity contribution is -0.134. The highest BCUT2D eigenvalue weighted by Crippen LogP contribution is 2.34. The second kappa shape index (κ2) is 5.60. The fourth-order valence-electron chi connectivity index (χ4n) is 1.58. The topological polar surface area (TPSA) is 42.7 Å². The number of nitrogens with one attached hydrogen (secondary N) is 1. The lowest BCUT2D eigenvalue weighted by Gasteiger charge is -2.02. The van der Waals surface area contributed by atoms with Crippen LogP contribution in [-0.4, -0.2) is 21.3 Å². The van der Waals surface area contributed by atoms with E-state index in [-0.39, 0.29) is 0 Å². The Labute approximate surface area is 112 Å². The van der Waals surface area contributed by atoms with Crippen molar-refractivity contribution >= 4 is 16.5 Å². The molecule has 2 aromatic rings. The molecule has 0 saturated carbocycles. The molecule has 0 amide bonds. The normalized spacial score (nSPS) is 11.8. The summed E-state index contributed by atoms with van der Waals surface area (Å²) in [6.45, 7) is 0.583. The molecular weight excluding hydrogens is 277 g/mol. The van der Waals surface area contributed by atoms with Gasteiger partial charge < -0.3 is 5.32 Å². The summed E-state index contributed by atoms with van der Waals surface area (Å²) < 4.78 is 38.8. The third-order valence-electron chi connectivity index (χ3n) is 2.46. The van der Waals surface area contributed by atoms with Gasteiger partial charge in [0, 0.05) is 19.8 Å². The van der Waals surface area contributed by atoms with E-state index < -0.39 is 11.1 Å². The van der Waals surface area contributed by atoms with Crippen LogP contribution in [0.25, 0.3) is 0 Å². The molecule has 0 saturated heterocycles. The molecule has 0 aliphatic carbocycles. The molecule has 19 heavy (non-hydrogen) atoms. The Hall–Kier alpha value is -1.57. The minimum Gasteiger partial charge on any atom is -0.361 e. The monoisotopic (exact) mass is 290 g/mol. The molecule has 0 bridgehead atoms. The number of hydrogen-bond acceptors (Lipinski definition) is 4. The van der Waals surface area contributed by atoms with E-state index in [1.54, 1.807) is 10.9 Å². The van der Waals surface area contributed by atoms with Crippen molar-refractivity contribution in [2.45, 2.75) is 19.0 Å². The van der Waals surface area contributed by atoms with Gasteiger partial charge in [0.2, 0.25) is 0 Å². The summed E-state index contributed by atoms with van der Waals surface area (Å²) in [6, 6.07) is 0. The zero-order valence-corrected chi connectivity index (χ0v) is 11.1. The first-order chi connectivity index (χ1) is 8.95. The highest BCUT2D eigenvalue weighted by Gasteiger charge is 2.33. The Morgan fingerprint density at radius 1 is 1.37 bits per heavy atom. The molecule has 0 spiro atoms. The van der Waals surface area contributed by atoms with E-state index in [2.05, 4.69) is 15.4 Å². The first-order valence-corrected chi connectivity index (χ1v) is 6.51. The summed E-state index contributed by atoms with van der Waals surface area (Å²) in [4.78, 5) is 3.02. The molecular formula is C11H13F3N4S. The Morgan fingerprint density at radius 2 is 2.16 bits per heavy atom. The minimum absolute atomic E-state index is 0.304. The second-order valence-electron chi connectivity index (χ2n) is 4.08. The Kier molecular flexibility index (Phi) is 4.08. The van der Waals surface area contributed by atoms with E-state index in [4.69, 9.17) is 0 Å². The van der Waals surface area contributed by atoms with Gasteiger partial charge in [0.25, 0.3) is 0 Å². The van der Waals surface area contributed by atoms with Crippen LogP contribution in [0.2, 0.25) is 0 Å². The highest BCUT2D eigenvalue weighted by molar-refractivity contribution is 7.15. The smallest absolute Gasteiger partial charge is 0.361 e. The zero-order valence-electron chi connectivity index (χ0n) is 10.2. The molecule has 2 rings (SSSR count). The van der Waals surface area contributed by atoms with Crippen LogP contribution in [0, 0.1) is 0 Å². The van der Waals surface area contributed by atoms with Crippen LogP contribution in [-0.2, 0) is 19.6 Å². The van der Waals surface area contributed by atoms with Crippen LogP contribution in [0.5, 0.6) is 0 Å². The lowest BCUT2D eigenvalue weighted by Crippen LogP contribution is -2.02. The quantitative estimate of drug-likeness (QED) is 0.861. The molecule has 0 aliphatic heterocycles. The van der Waals surface area contributed by atoms with Crippen molar-refractivity contribution in [2.24, 2.45) is 7.05 Å². The first kappa shape index (κ1) is 13.9. The molecule has 0 unspecified atom stereocenters. The van der Waals surface area contributed by atoms with Gasteiger partial charge in [-0.2, -0.15) is 18.3 Å². The van der Waals surface area contributed by atoms with E-state index in [1.807, 2.05) is 13.2 Å². The fraction of sp³-hybridized carbons (Fsp3) is 0.455. The van der Waals surface area contributed by atoms with Crippen molar-refractivity contribution in [3.8, 4) is 0 Å². The van der Waals surface area contributed by atoms with E-state index in [9.17, 15) is 13.2 Å². The predicted octanol–water partition coefficient (Wildman–Crippen LogP) is 2.94. The number of aryl methyl sites for hydroxylation is 2. The molecule has 0 aromatic carbocycles. The lowest BCUT2D eigenvalue weighted by atomic mass is 10.2. The molecule has 0 radical (unpaired) electrons. The largest absolute Gasteiger partial charge is 0.427 e. The molecule has 1 N–H and O–H groups in total. The number of rotatable bonds is 5. The Balaban J connectivity index is 1.75. The first-order valence-electron chi connectivity index (χ1n) is 5.69. The number of nitrogens with zero attached hydrogens (tertiary/aromatic N) is 3. The van der Waals surface area contributed by atoms with E-state index in [1.165, 1.54) is 0 Å². The summed E-state index contributed by atoms with van der Waals surface area (Å²) in [7, 11) is 1.84. The van der Waals surface area contributed by atoms with Crippen molar-refractivity contribution in [3.63, 3.8) is 0 Å². The summed E-state index contributed by atoms with van der Waals surface area (Å²) in [6.07, 6.45) is 1.89. The number of halogens is 3. The van der Waals surface area contributed by atoms with Gasteiger partial charge in [-0.15, -0.1) is 0 Å². The molecule has 0 aliphatic rings. The van der Waals surface area contributed by atoms with Gasteiger partial charge in [0.05, 0.1) is 12.4 Å². The predicted molar refractivity (Wildman–Crippen MR) is 67.1 cm³/mol. The molecule has 2 aromatic heterocycles. The molecule has 2 heterocycles. The zero-order chi connectivity index (χ0) is 13.9. The average Bonchev–Trinajstić information content (AvgIpc) is 2.93.